The van der Waals surface area contributed by atoms with Gasteiger partial charge in [0, 0.05) is 19.2 Å². The zero-order chi connectivity index (χ0) is 23.8. The van der Waals surface area contributed by atoms with Gasteiger partial charge < -0.3 is 40.8 Å². The van der Waals surface area contributed by atoms with Gasteiger partial charge in [-0.25, -0.2) is 24.5 Å². The van der Waals surface area contributed by atoms with Crippen LogP contribution in [0.2, 0.25) is 0 Å². The number of hydrogen-bond acceptors (Lipinski definition) is 11. The molecule has 33 heavy (non-hydrogen) atoms. The predicted molar refractivity (Wildman–Crippen MR) is 115 cm³/mol. The molecular weight excluding hydrogens is 438 g/mol. The number of amides is 2. The maximum atomic E-state index is 11.8. The lowest BCUT2D eigenvalue weighted by molar-refractivity contribution is -0.0879. The van der Waals surface area contributed by atoms with E-state index < -0.39 is 37.2 Å². The van der Waals surface area contributed by atoms with Crippen molar-refractivity contribution in [3.63, 3.8) is 0 Å². The molecule has 1 aliphatic rings. The highest BCUT2D eigenvalue weighted by atomic mass is 16.6. The van der Waals surface area contributed by atoms with E-state index in [-0.39, 0.29) is 35.4 Å². The third-order valence-corrected chi connectivity index (χ3v) is 4.63. The van der Waals surface area contributed by atoms with Gasteiger partial charge in [0.15, 0.2) is 11.6 Å². The van der Waals surface area contributed by atoms with Crippen molar-refractivity contribution in [3.8, 4) is 5.88 Å². The van der Waals surface area contributed by atoms with Crippen molar-refractivity contribution in [3.05, 3.63) is 30.2 Å². The molecule has 1 saturated heterocycles. The Balaban J connectivity index is 1.66. The van der Waals surface area contributed by atoms with Crippen LogP contribution in [0.4, 0.5) is 22.1 Å². The molecule has 2 unspecified atom stereocenters. The molecule has 0 aliphatic carbocycles. The summed E-state index contributed by atoms with van der Waals surface area (Å²) in [5.74, 6) is -0.891. The summed E-state index contributed by atoms with van der Waals surface area (Å²) in [7, 11) is 0. The lowest BCUT2D eigenvalue weighted by atomic mass is 10.2. The van der Waals surface area contributed by atoms with Crippen molar-refractivity contribution in [1.82, 2.24) is 20.3 Å². The molecule has 14 heteroatoms. The molecule has 3 rings (SSSR count). The van der Waals surface area contributed by atoms with Gasteiger partial charge in [-0.2, -0.15) is 0 Å². The number of urea groups is 1. The lowest BCUT2D eigenvalue weighted by Gasteiger charge is -2.19. The number of carboxylic acid groups (broad SMARTS) is 1. The number of nitrogens with one attached hydrogen (secondary N) is 3. The van der Waals surface area contributed by atoms with Gasteiger partial charge in [-0.1, -0.05) is 0 Å². The minimum atomic E-state index is -1.18. The number of rotatable bonds is 10. The maximum Gasteiger partial charge on any atom is 0.341 e. The first-order chi connectivity index (χ1) is 15.9. The number of hydrogen-bond donors (Lipinski definition) is 6. The third-order valence-electron chi connectivity index (χ3n) is 4.63. The first-order valence-corrected chi connectivity index (χ1v) is 10.0. The second-order valence-electron chi connectivity index (χ2n) is 6.82. The minimum Gasteiger partial charge on any atom is -0.477 e. The topological polar surface area (TPSA) is 203 Å². The molecular formula is C19H25N7O7. The molecule has 3 heterocycles. The van der Waals surface area contributed by atoms with E-state index in [1.54, 1.807) is 6.92 Å². The Hall–Kier alpha value is -3.75. The van der Waals surface area contributed by atoms with Gasteiger partial charge in [0.05, 0.1) is 6.10 Å². The number of nitrogens with zero attached hydrogens (tertiary/aromatic N) is 3. The second-order valence-corrected chi connectivity index (χ2v) is 6.82. The Kier molecular flexibility index (Phi) is 8.12. The Labute approximate surface area is 188 Å². The molecule has 2 aromatic rings. The number of carbonyl (C=O) groups excluding carboxylic acids is 1. The van der Waals surface area contributed by atoms with E-state index in [2.05, 4.69) is 30.9 Å². The molecule has 1 aliphatic heterocycles. The number of aromatic nitrogens is 3. The number of aromatic carboxylic acids is 1. The van der Waals surface area contributed by atoms with Gasteiger partial charge in [-0.15, -0.1) is 0 Å². The molecule has 0 saturated carbocycles. The normalized spacial score (nSPS) is 19.6. The van der Waals surface area contributed by atoms with E-state index in [0.717, 1.165) is 0 Å². The summed E-state index contributed by atoms with van der Waals surface area (Å²) in [6.07, 6.45) is 1.08. The van der Waals surface area contributed by atoms with Crippen LogP contribution in [0.3, 0.4) is 0 Å². The summed E-state index contributed by atoms with van der Waals surface area (Å²) in [5.41, 5.74) is 6.08. The molecule has 3 atom stereocenters. The van der Waals surface area contributed by atoms with Gasteiger partial charge in [0.1, 0.15) is 43.3 Å². The zero-order valence-corrected chi connectivity index (χ0v) is 17.7. The van der Waals surface area contributed by atoms with E-state index in [1.807, 2.05) is 0 Å². The van der Waals surface area contributed by atoms with Crippen LogP contribution in [0.25, 0.3) is 0 Å². The fourth-order valence-corrected chi connectivity index (χ4v) is 3.13. The van der Waals surface area contributed by atoms with Crippen molar-refractivity contribution < 1.29 is 34.0 Å². The van der Waals surface area contributed by atoms with Crippen molar-refractivity contribution >= 4 is 29.3 Å². The molecule has 0 aromatic carbocycles. The Bertz CT molecular complexity index is 977. The van der Waals surface area contributed by atoms with Crippen LogP contribution in [0.5, 0.6) is 5.88 Å². The molecule has 2 amide bonds. The van der Waals surface area contributed by atoms with E-state index in [9.17, 15) is 19.8 Å². The monoisotopic (exact) mass is 463 g/mol. The average Bonchev–Trinajstić information content (AvgIpc) is 3.16. The number of anilines is 3. The summed E-state index contributed by atoms with van der Waals surface area (Å²) in [4.78, 5) is 35.1. The Morgan fingerprint density at radius 1 is 1.30 bits per heavy atom. The van der Waals surface area contributed by atoms with Crippen LogP contribution < -0.4 is 26.4 Å². The van der Waals surface area contributed by atoms with Crippen molar-refractivity contribution in [1.29, 1.82) is 0 Å². The summed E-state index contributed by atoms with van der Waals surface area (Å²) < 4.78 is 16.8. The zero-order valence-electron chi connectivity index (χ0n) is 17.7. The standard InChI is InChI=1S/C19H25N7O7/c1-2-21-19(30)26-16-14(20)15(23-8-24-16)25-13-6-11(32-9-27)12(33-13)7-31-17-10(18(28)29)4-3-5-22-17/h3-5,8,11-13,27H,2,6-7,9,20H2,1H3,(H,28,29)(H3,21,23,24,25,26,30)/t11?,12?,13-/m1/s1. The SMILES string of the molecule is CCNC(=O)Nc1ncnc(N[C@H]2CC(OCO)C(COc3ncccc3C(=O)O)O2)c1N. The Morgan fingerprint density at radius 2 is 2.09 bits per heavy atom. The Morgan fingerprint density at radius 3 is 2.82 bits per heavy atom. The lowest BCUT2D eigenvalue weighted by Crippen LogP contribution is -2.31. The molecule has 14 nitrogen and oxygen atoms in total. The van der Waals surface area contributed by atoms with Crippen LogP contribution in [0.1, 0.15) is 23.7 Å². The number of aliphatic hydroxyl groups excluding tert-OH is 1. The van der Waals surface area contributed by atoms with Gasteiger partial charge in [0.25, 0.3) is 0 Å². The van der Waals surface area contributed by atoms with E-state index >= 15 is 0 Å². The van der Waals surface area contributed by atoms with Gasteiger partial charge in [0.2, 0.25) is 5.88 Å². The smallest absolute Gasteiger partial charge is 0.341 e. The molecule has 0 radical (unpaired) electrons. The number of ether oxygens (including phenoxy) is 3. The van der Waals surface area contributed by atoms with E-state index in [4.69, 9.17) is 19.9 Å². The number of aliphatic hydroxyl groups is 1. The largest absolute Gasteiger partial charge is 0.477 e. The van der Waals surface area contributed by atoms with Crippen molar-refractivity contribution in [2.24, 2.45) is 0 Å². The van der Waals surface area contributed by atoms with Crippen LogP contribution >= 0.6 is 0 Å². The molecule has 0 bridgehead atoms. The summed E-state index contributed by atoms with van der Waals surface area (Å²) in [6.45, 7) is 1.58. The van der Waals surface area contributed by atoms with Gasteiger partial charge in [-0.3, -0.25) is 5.32 Å². The number of carbonyl (C=O) groups is 2. The van der Waals surface area contributed by atoms with E-state index in [0.29, 0.717) is 13.0 Å². The minimum absolute atomic E-state index is 0.0612. The first kappa shape index (κ1) is 23.9. The van der Waals surface area contributed by atoms with Crippen molar-refractivity contribution in [2.75, 3.05) is 36.3 Å². The van der Waals surface area contributed by atoms with Gasteiger partial charge >= 0.3 is 12.0 Å². The third kappa shape index (κ3) is 6.15. The second kappa shape index (κ2) is 11.2. The fourth-order valence-electron chi connectivity index (χ4n) is 3.13. The first-order valence-electron chi connectivity index (χ1n) is 10.0. The van der Waals surface area contributed by atoms with Gasteiger partial charge in [-0.05, 0) is 19.1 Å². The average molecular weight is 463 g/mol. The molecule has 2 aromatic heterocycles. The summed E-state index contributed by atoms with van der Waals surface area (Å²) in [6, 6.07) is 2.40. The number of nitrogen functional groups attached to an aromatic ring is 1. The quantitative estimate of drug-likeness (QED) is 0.262. The van der Waals surface area contributed by atoms with Crippen LogP contribution in [-0.2, 0) is 9.47 Å². The highest BCUT2D eigenvalue weighted by Gasteiger charge is 2.37. The fraction of sp³-hybridized carbons (Fsp3) is 0.421. The number of carboxylic acids is 1. The van der Waals surface area contributed by atoms with E-state index in [1.165, 1.54) is 24.7 Å². The summed E-state index contributed by atoms with van der Waals surface area (Å²) >= 11 is 0. The van der Waals surface area contributed by atoms with Crippen molar-refractivity contribution in [2.45, 2.75) is 31.8 Å². The summed E-state index contributed by atoms with van der Waals surface area (Å²) in [5, 5.41) is 26.6. The maximum absolute atomic E-state index is 11.8. The van der Waals surface area contributed by atoms with Crippen LogP contribution in [0.15, 0.2) is 24.7 Å². The molecule has 0 spiro atoms. The predicted octanol–water partition coefficient (Wildman–Crippen LogP) is 0.234. The van der Waals surface area contributed by atoms with Crippen LogP contribution in [0, 0.1) is 0 Å². The highest BCUT2D eigenvalue weighted by molar-refractivity contribution is 5.93. The highest BCUT2D eigenvalue weighted by Crippen LogP contribution is 2.29. The number of pyridine rings is 1. The molecule has 178 valence electrons. The molecule has 7 N–H and O–H groups in total. The molecule has 1 fully saturated rings. The number of nitrogens with two attached hydrogens (primary N) is 1. The van der Waals surface area contributed by atoms with Crippen LogP contribution in [-0.4, -0.2) is 75.5 Å².